The van der Waals surface area contributed by atoms with Gasteiger partial charge in [-0.25, -0.2) is 0 Å². The first kappa shape index (κ1) is 23.0. The van der Waals surface area contributed by atoms with E-state index in [1.807, 2.05) is 17.5 Å². The van der Waals surface area contributed by atoms with Crippen LogP contribution >= 0.6 is 11.3 Å². The Morgan fingerprint density at radius 2 is 1.93 bits per heavy atom. The summed E-state index contributed by atoms with van der Waals surface area (Å²) in [5, 5.41) is 15.7. The number of amides is 1. The maximum atomic E-state index is 11.5. The molecule has 9 heteroatoms. The van der Waals surface area contributed by atoms with E-state index in [0.29, 0.717) is 31.2 Å². The number of ether oxygens (including phenoxy) is 4. The van der Waals surface area contributed by atoms with Crippen molar-refractivity contribution in [2.45, 2.75) is 25.2 Å². The SMILES string of the molecule is COC(C)C(Oc1ccc(OCCNCC(O)COc2cccs2)cc1)C(N)=O. The Balaban J connectivity index is 1.63. The van der Waals surface area contributed by atoms with Crippen LogP contribution in [0.2, 0.25) is 0 Å². The van der Waals surface area contributed by atoms with Crippen LogP contribution in [0.25, 0.3) is 0 Å². The summed E-state index contributed by atoms with van der Waals surface area (Å²) in [6.07, 6.45) is -1.92. The molecule has 0 aliphatic heterocycles. The summed E-state index contributed by atoms with van der Waals surface area (Å²) < 4.78 is 21.8. The highest BCUT2D eigenvalue weighted by Gasteiger charge is 2.24. The van der Waals surface area contributed by atoms with Gasteiger partial charge < -0.3 is 35.1 Å². The molecule has 1 heterocycles. The van der Waals surface area contributed by atoms with Crippen molar-refractivity contribution in [2.75, 3.05) is 33.4 Å². The Morgan fingerprint density at radius 1 is 1.21 bits per heavy atom. The van der Waals surface area contributed by atoms with Gasteiger partial charge in [0, 0.05) is 20.2 Å². The van der Waals surface area contributed by atoms with E-state index in [2.05, 4.69) is 5.32 Å². The number of aliphatic hydroxyl groups is 1. The topological polar surface area (TPSA) is 112 Å². The highest BCUT2D eigenvalue weighted by molar-refractivity contribution is 7.11. The minimum atomic E-state index is -0.869. The molecule has 0 aliphatic carbocycles. The van der Waals surface area contributed by atoms with Gasteiger partial charge in [-0.15, -0.1) is 11.3 Å². The molecular formula is C20H28N2O6S. The molecule has 1 amide bonds. The van der Waals surface area contributed by atoms with Crippen molar-refractivity contribution in [3.8, 4) is 16.6 Å². The van der Waals surface area contributed by atoms with Crippen molar-refractivity contribution in [2.24, 2.45) is 5.73 Å². The average Bonchev–Trinajstić information content (AvgIpc) is 3.24. The van der Waals surface area contributed by atoms with Gasteiger partial charge in [0.05, 0.1) is 0 Å². The van der Waals surface area contributed by atoms with Gasteiger partial charge in [-0.3, -0.25) is 4.79 Å². The van der Waals surface area contributed by atoms with Crippen LogP contribution in [0, 0.1) is 0 Å². The number of carbonyl (C=O) groups excluding carboxylic acids is 1. The second-order valence-electron chi connectivity index (χ2n) is 6.30. The zero-order valence-electron chi connectivity index (χ0n) is 16.6. The molecule has 0 fully saturated rings. The lowest BCUT2D eigenvalue weighted by Crippen LogP contribution is -2.42. The van der Waals surface area contributed by atoms with E-state index in [-0.39, 0.29) is 6.61 Å². The van der Waals surface area contributed by atoms with E-state index in [0.717, 1.165) is 5.06 Å². The van der Waals surface area contributed by atoms with Crippen molar-refractivity contribution in [1.82, 2.24) is 5.32 Å². The lowest BCUT2D eigenvalue weighted by Gasteiger charge is -2.21. The third kappa shape index (κ3) is 8.28. The van der Waals surface area contributed by atoms with Crippen LogP contribution < -0.4 is 25.3 Å². The second-order valence-corrected chi connectivity index (χ2v) is 7.21. The average molecular weight is 425 g/mol. The molecule has 4 N–H and O–H groups in total. The van der Waals surface area contributed by atoms with Gasteiger partial charge in [0.1, 0.15) is 36.9 Å². The molecule has 2 rings (SSSR count). The van der Waals surface area contributed by atoms with Gasteiger partial charge >= 0.3 is 0 Å². The number of hydrogen-bond acceptors (Lipinski definition) is 8. The number of hydrogen-bond donors (Lipinski definition) is 3. The number of aliphatic hydroxyl groups excluding tert-OH is 1. The first-order valence-corrected chi connectivity index (χ1v) is 10.1. The van der Waals surface area contributed by atoms with Crippen LogP contribution in [0.15, 0.2) is 41.8 Å². The second kappa shape index (κ2) is 12.3. The molecule has 29 heavy (non-hydrogen) atoms. The molecule has 0 aliphatic rings. The third-order valence-corrected chi connectivity index (χ3v) is 4.79. The molecule has 3 unspecified atom stereocenters. The summed E-state index contributed by atoms with van der Waals surface area (Å²) in [5.41, 5.74) is 5.35. The quantitative estimate of drug-likeness (QED) is 0.393. The number of methoxy groups -OCH3 is 1. The summed E-state index contributed by atoms with van der Waals surface area (Å²) in [6, 6.07) is 10.7. The van der Waals surface area contributed by atoms with Gasteiger partial charge in [-0.1, -0.05) is 0 Å². The summed E-state index contributed by atoms with van der Waals surface area (Å²) in [5.74, 6) is 0.571. The van der Waals surface area contributed by atoms with Gasteiger partial charge in [0.25, 0.3) is 5.91 Å². The number of carbonyl (C=O) groups is 1. The van der Waals surface area contributed by atoms with E-state index < -0.39 is 24.2 Å². The smallest absolute Gasteiger partial charge is 0.261 e. The molecule has 0 bridgehead atoms. The zero-order valence-corrected chi connectivity index (χ0v) is 17.4. The van der Waals surface area contributed by atoms with Crippen LogP contribution in [0.5, 0.6) is 16.6 Å². The third-order valence-electron chi connectivity index (χ3n) is 4.01. The Hall–Kier alpha value is -2.33. The molecule has 2 aromatic rings. The van der Waals surface area contributed by atoms with E-state index >= 15 is 0 Å². The van der Waals surface area contributed by atoms with Crippen LogP contribution in [-0.4, -0.2) is 62.7 Å². The van der Waals surface area contributed by atoms with Crippen molar-refractivity contribution in [3.05, 3.63) is 41.8 Å². The van der Waals surface area contributed by atoms with Crippen LogP contribution in [0.1, 0.15) is 6.92 Å². The fraction of sp³-hybridized carbons (Fsp3) is 0.450. The highest BCUT2D eigenvalue weighted by atomic mass is 32.1. The minimum Gasteiger partial charge on any atom is -0.492 e. The fourth-order valence-electron chi connectivity index (χ4n) is 2.36. The standard InChI is InChI=1S/C20H28N2O6S/c1-14(25-2)19(20(21)24)28-17-7-5-16(6-8-17)26-10-9-22-12-15(23)13-27-18-4-3-11-29-18/h3-8,11,14-15,19,22-23H,9-10,12-13H2,1-2H3,(H2,21,24). The van der Waals surface area contributed by atoms with Gasteiger partial charge in [-0.05, 0) is 48.7 Å². The number of nitrogens with one attached hydrogen (secondary N) is 1. The number of thiophene rings is 1. The normalized spacial score (nSPS) is 14.0. The van der Waals surface area contributed by atoms with E-state index in [1.165, 1.54) is 18.4 Å². The summed E-state index contributed by atoms with van der Waals surface area (Å²) in [7, 11) is 1.49. The van der Waals surface area contributed by atoms with Gasteiger partial charge in [0.2, 0.25) is 6.10 Å². The molecule has 0 saturated carbocycles. The fourth-order valence-corrected chi connectivity index (χ4v) is 2.95. The van der Waals surface area contributed by atoms with E-state index in [4.69, 9.17) is 24.7 Å². The molecule has 3 atom stereocenters. The lowest BCUT2D eigenvalue weighted by atomic mass is 10.2. The Bertz CT molecular complexity index is 710. The summed E-state index contributed by atoms with van der Waals surface area (Å²) >= 11 is 1.49. The predicted octanol–water partition coefficient (Wildman–Crippen LogP) is 1.42. The largest absolute Gasteiger partial charge is 0.492 e. The maximum Gasteiger partial charge on any atom is 0.261 e. The van der Waals surface area contributed by atoms with Crippen molar-refractivity contribution >= 4 is 17.2 Å². The van der Waals surface area contributed by atoms with E-state index in [1.54, 1.807) is 31.2 Å². The van der Waals surface area contributed by atoms with Crippen molar-refractivity contribution in [3.63, 3.8) is 0 Å². The summed E-state index contributed by atoms with van der Waals surface area (Å²) in [6.45, 7) is 3.37. The predicted molar refractivity (Wildman–Crippen MR) is 111 cm³/mol. The Labute approximate surface area is 174 Å². The number of benzene rings is 1. The first-order valence-electron chi connectivity index (χ1n) is 9.26. The molecule has 0 radical (unpaired) electrons. The van der Waals surface area contributed by atoms with Crippen molar-refractivity contribution < 1.29 is 28.8 Å². The molecule has 0 saturated heterocycles. The van der Waals surface area contributed by atoms with Gasteiger partial charge in [-0.2, -0.15) is 0 Å². The van der Waals surface area contributed by atoms with Crippen LogP contribution in [0.4, 0.5) is 0 Å². The Morgan fingerprint density at radius 3 is 2.55 bits per heavy atom. The molecule has 8 nitrogen and oxygen atoms in total. The maximum absolute atomic E-state index is 11.5. The molecule has 160 valence electrons. The summed E-state index contributed by atoms with van der Waals surface area (Å²) in [4.78, 5) is 11.5. The highest BCUT2D eigenvalue weighted by Crippen LogP contribution is 2.20. The van der Waals surface area contributed by atoms with Crippen LogP contribution in [0.3, 0.4) is 0 Å². The zero-order chi connectivity index (χ0) is 21.1. The lowest BCUT2D eigenvalue weighted by molar-refractivity contribution is -0.130. The molecular weight excluding hydrogens is 396 g/mol. The molecule has 1 aromatic carbocycles. The van der Waals surface area contributed by atoms with Gasteiger partial charge in [0.15, 0.2) is 5.06 Å². The number of nitrogens with two attached hydrogens (primary N) is 1. The molecule has 0 spiro atoms. The van der Waals surface area contributed by atoms with Crippen molar-refractivity contribution in [1.29, 1.82) is 0 Å². The van der Waals surface area contributed by atoms with E-state index in [9.17, 15) is 9.90 Å². The first-order chi connectivity index (χ1) is 14.0. The number of rotatable bonds is 14. The Kier molecular flexibility index (Phi) is 9.72. The molecule has 1 aromatic heterocycles. The monoisotopic (exact) mass is 424 g/mol. The minimum absolute atomic E-state index is 0.240. The number of primary amides is 1. The van der Waals surface area contributed by atoms with Crippen LogP contribution in [-0.2, 0) is 9.53 Å².